The zero-order chi connectivity index (χ0) is 31.9. The first-order chi connectivity index (χ1) is 20.5. The summed E-state index contributed by atoms with van der Waals surface area (Å²) in [4.78, 5) is 26.4. The Morgan fingerprint density at radius 3 is 2.30 bits per heavy atom. The third-order valence-electron chi connectivity index (χ3n) is 15.1. The van der Waals surface area contributed by atoms with E-state index in [1.165, 1.54) is 12.5 Å². The molecule has 0 saturated heterocycles. The number of hydrogen-bond donors (Lipinski definition) is 0. The van der Waals surface area contributed by atoms with Crippen molar-refractivity contribution in [2.45, 2.75) is 139 Å². The Morgan fingerprint density at radius 2 is 1.59 bits per heavy atom. The van der Waals surface area contributed by atoms with Crippen LogP contribution in [-0.4, -0.2) is 17.9 Å². The van der Waals surface area contributed by atoms with Crippen LogP contribution in [-0.2, 0) is 20.7 Å². The van der Waals surface area contributed by atoms with Gasteiger partial charge in [0, 0.05) is 17.3 Å². The summed E-state index contributed by atoms with van der Waals surface area (Å²) < 4.78 is 20.4. The lowest BCUT2D eigenvalue weighted by atomic mass is 9.33. The lowest BCUT2D eigenvalue weighted by Crippen LogP contribution is -2.65. The van der Waals surface area contributed by atoms with Gasteiger partial charge in [0.1, 0.15) is 17.7 Å². The molecule has 1 aromatic carbocycles. The molecule has 3 nitrogen and oxygen atoms in total. The Labute approximate surface area is 266 Å². The summed E-state index contributed by atoms with van der Waals surface area (Å²) in [6.07, 6.45) is 14.0. The number of Topliss-reactive ketones (excluding diaryl/α,β-unsaturated/α-hetero) is 1. The highest BCUT2D eigenvalue weighted by Gasteiger charge is 2.69. The molecule has 0 amide bonds. The molecule has 0 heterocycles. The number of allylic oxidation sites excluding steroid dienone is 2. The Hall–Kier alpha value is -1.97. The maximum Gasteiger partial charge on any atom is 0.306 e. The third-order valence-corrected chi connectivity index (χ3v) is 15.1. The summed E-state index contributed by atoms with van der Waals surface area (Å²) in [7, 11) is 0. The van der Waals surface area contributed by atoms with Crippen LogP contribution in [0.2, 0.25) is 0 Å². The number of fused-ring (bicyclic) bond motifs is 7. The van der Waals surface area contributed by atoms with E-state index in [2.05, 4.69) is 54.5 Å². The van der Waals surface area contributed by atoms with Crippen LogP contribution in [0, 0.1) is 56.1 Å². The second-order valence-electron chi connectivity index (χ2n) is 17.9. The monoisotopic (exact) mass is 604 g/mol. The van der Waals surface area contributed by atoms with E-state index in [1.807, 2.05) is 13.0 Å². The second-order valence-corrected chi connectivity index (χ2v) is 17.9. The molecule has 5 aliphatic rings. The van der Waals surface area contributed by atoms with E-state index in [0.29, 0.717) is 35.5 Å². The first-order valence-corrected chi connectivity index (χ1v) is 17.6. The highest BCUT2D eigenvalue weighted by molar-refractivity contribution is 5.84. The maximum absolute atomic E-state index is 14.1. The van der Waals surface area contributed by atoms with Gasteiger partial charge in [-0.15, -0.1) is 0 Å². The number of carbonyl (C=O) groups excluding carboxylic acids is 2. The summed E-state index contributed by atoms with van der Waals surface area (Å²) >= 11 is 0. The number of ketones is 1. The van der Waals surface area contributed by atoms with Gasteiger partial charge in [0.25, 0.3) is 0 Å². The molecule has 44 heavy (non-hydrogen) atoms. The molecule has 4 heteroatoms. The number of halogens is 1. The SMILES string of the molecule is CC(=O)[C@]12CCC(C)(C)C[C@H]1C1=CC[C@@H]3[C@@]4(C)CC[C@H](OC(=O)CCc5ccccc5F)C(C)(C)C4CC[C@@]3(C)[C@]1(C)CC2. The van der Waals surface area contributed by atoms with Crippen molar-refractivity contribution in [3.63, 3.8) is 0 Å². The van der Waals surface area contributed by atoms with Crippen molar-refractivity contribution in [2.24, 2.45) is 50.2 Å². The minimum absolute atomic E-state index is 0.112. The van der Waals surface area contributed by atoms with E-state index >= 15 is 0 Å². The smallest absolute Gasteiger partial charge is 0.306 e. The van der Waals surface area contributed by atoms with Crippen molar-refractivity contribution in [1.29, 1.82) is 0 Å². The fraction of sp³-hybridized carbons (Fsp3) is 0.750. The zero-order valence-electron chi connectivity index (χ0n) is 28.8. The molecule has 0 spiro atoms. The van der Waals surface area contributed by atoms with E-state index in [9.17, 15) is 14.0 Å². The summed E-state index contributed by atoms with van der Waals surface area (Å²) in [6, 6.07) is 6.71. The molecule has 1 unspecified atom stereocenters. The highest BCUT2D eigenvalue weighted by atomic mass is 19.1. The first-order valence-electron chi connectivity index (χ1n) is 17.6. The molecule has 0 radical (unpaired) electrons. The fourth-order valence-corrected chi connectivity index (χ4v) is 12.2. The van der Waals surface area contributed by atoms with Crippen LogP contribution in [0.5, 0.6) is 0 Å². The summed E-state index contributed by atoms with van der Waals surface area (Å²) in [5.41, 5.74) is 2.65. The molecule has 0 bridgehead atoms. The summed E-state index contributed by atoms with van der Waals surface area (Å²) in [5, 5.41) is 0. The molecular weight excluding hydrogens is 547 g/mol. The summed E-state index contributed by atoms with van der Waals surface area (Å²) in [6.45, 7) is 19.1. The van der Waals surface area contributed by atoms with Crippen LogP contribution in [0.15, 0.2) is 35.9 Å². The standard InChI is InChI=1S/C40H57FO3/c1-26(42)40-23-21-35(2,3)25-29(40)28-14-15-32-37(6)19-18-33(44-34(43)16-13-27-11-9-10-12-30(27)41)36(4,5)31(37)17-20-39(32,8)38(28,7)22-24-40/h9-12,14,29,31-33H,13,15-25H2,1-8H3/t29-,31?,32+,33-,37-,38+,39+,40+/m0/s1. The molecule has 0 aromatic heterocycles. The fourth-order valence-electron chi connectivity index (χ4n) is 12.2. The molecule has 5 aliphatic carbocycles. The predicted molar refractivity (Wildman–Crippen MR) is 174 cm³/mol. The van der Waals surface area contributed by atoms with Gasteiger partial charge in [-0.1, -0.05) is 78.3 Å². The number of rotatable bonds is 5. The van der Waals surface area contributed by atoms with Gasteiger partial charge in [0.05, 0.1) is 0 Å². The van der Waals surface area contributed by atoms with E-state index in [1.54, 1.807) is 17.7 Å². The summed E-state index contributed by atoms with van der Waals surface area (Å²) in [5.74, 6) is 1.38. The molecule has 0 N–H and O–H groups in total. The lowest BCUT2D eigenvalue weighted by Gasteiger charge is -2.71. The van der Waals surface area contributed by atoms with E-state index < -0.39 is 0 Å². The molecule has 4 fully saturated rings. The molecule has 8 atom stereocenters. The third kappa shape index (κ3) is 4.61. The largest absolute Gasteiger partial charge is 0.462 e. The van der Waals surface area contributed by atoms with Crippen molar-refractivity contribution in [1.82, 2.24) is 0 Å². The van der Waals surface area contributed by atoms with Crippen LogP contribution < -0.4 is 0 Å². The molecule has 1 aromatic rings. The number of carbonyl (C=O) groups is 2. The van der Waals surface area contributed by atoms with Crippen LogP contribution >= 0.6 is 0 Å². The quantitative estimate of drug-likeness (QED) is 0.248. The van der Waals surface area contributed by atoms with Gasteiger partial charge >= 0.3 is 5.97 Å². The number of ether oxygens (including phenoxy) is 1. The Kier molecular flexibility index (Phi) is 7.65. The zero-order valence-corrected chi connectivity index (χ0v) is 28.8. The van der Waals surface area contributed by atoms with Gasteiger partial charge in [-0.25, -0.2) is 4.39 Å². The first kappa shape index (κ1) is 32.0. The van der Waals surface area contributed by atoms with Crippen molar-refractivity contribution < 1.29 is 18.7 Å². The van der Waals surface area contributed by atoms with E-state index in [4.69, 9.17) is 4.74 Å². The van der Waals surface area contributed by atoms with Crippen molar-refractivity contribution in [3.8, 4) is 0 Å². The Bertz CT molecular complexity index is 1360. The Morgan fingerprint density at radius 1 is 0.886 bits per heavy atom. The number of hydrogen-bond acceptors (Lipinski definition) is 3. The lowest BCUT2D eigenvalue weighted by molar-refractivity contribution is -0.212. The average Bonchev–Trinajstić information content (AvgIpc) is 2.94. The second kappa shape index (κ2) is 10.5. The molecular formula is C40H57FO3. The Balaban J connectivity index is 1.24. The van der Waals surface area contributed by atoms with Crippen molar-refractivity contribution in [3.05, 3.63) is 47.3 Å². The van der Waals surface area contributed by atoms with Crippen LogP contribution in [0.25, 0.3) is 0 Å². The van der Waals surface area contributed by atoms with Gasteiger partial charge in [-0.3, -0.25) is 9.59 Å². The van der Waals surface area contributed by atoms with Gasteiger partial charge in [-0.05, 0) is 129 Å². The molecule has 6 rings (SSSR count). The van der Waals surface area contributed by atoms with E-state index in [-0.39, 0.29) is 56.8 Å². The van der Waals surface area contributed by atoms with Gasteiger partial charge in [0.15, 0.2) is 0 Å². The minimum Gasteiger partial charge on any atom is -0.462 e. The number of esters is 1. The van der Waals surface area contributed by atoms with E-state index in [0.717, 1.165) is 57.8 Å². The minimum atomic E-state index is -0.255. The average molecular weight is 605 g/mol. The van der Waals surface area contributed by atoms with Crippen LogP contribution in [0.1, 0.15) is 132 Å². The van der Waals surface area contributed by atoms with Gasteiger partial charge < -0.3 is 4.74 Å². The number of aryl methyl sites for hydroxylation is 1. The maximum atomic E-state index is 14.1. The van der Waals surface area contributed by atoms with Crippen LogP contribution in [0.4, 0.5) is 4.39 Å². The predicted octanol–water partition coefficient (Wildman–Crippen LogP) is 10.1. The van der Waals surface area contributed by atoms with Crippen molar-refractivity contribution in [2.75, 3.05) is 0 Å². The topological polar surface area (TPSA) is 43.4 Å². The number of benzene rings is 1. The van der Waals surface area contributed by atoms with Crippen LogP contribution in [0.3, 0.4) is 0 Å². The molecule has 242 valence electrons. The molecule has 0 aliphatic heterocycles. The van der Waals surface area contributed by atoms with Gasteiger partial charge in [0.2, 0.25) is 0 Å². The van der Waals surface area contributed by atoms with Gasteiger partial charge in [-0.2, -0.15) is 0 Å². The molecule has 4 saturated carbocycles. The normalized spacial score (nSPS) is 42.1. The van der Waals surface area contributed by atoms with Crippen molar-refractivity contribution >= 4 is 11.8 Å². The highest BCUT2D eigenvalue weighted by Crippen LogP contribution is 2.76.